The summed E-state index contributed by atoms with van der Waals surface area (Å²) in [4.78, 5) is 12.2. The molecule has 1 amide bonds. The molecule has 132 valence electrons. The summed E-state index contributed by atoms with van der Waals surface area (Å²) in [6, 6.07) is 14.5. The van der Waals surface area contributed by atoms with Gasteiger partial charge in [-0.25, -0.2) is 0 Å². The highest BCUT2D eigenvalue weighted by Crippen LogP contribution is 2.26. The SMILES string of the molecule is O=C(Nc1ccc(OCCC2CCCCC2)cc1)c1ccccc1Cl. The van der Waals surface area contributed by atoms with E-state index in [9.17, 15) is 4.79 Å². The van der Waals surface area contributed by atoms with E-state index in [1.54, 1.807) is 24.3 Å². The maximum absolute atomic E-state index is 12.2. The van der Waals surface area contributed by atoms with Crippen molar-refractivity contribution in [3.05, 3.63) is 59.1 Å². The molecule has 2 aromatic carbocycles. The van der Waals surface area contributed by atoms with E-state index in [4.69, 9.17) is 16.3 Å². The van der Waals surface area contributed by atoms with Crippen molar-refractivity contribution < 1.29 is 9.53 Å². The molecule has 0 bridgehead atoms. The Morgan fingerprint density at radius 2 is 1.76 bits per heavy atom. The van der Waals surface area contributed by atoms with Crippen molar-refractivity contribution in [2.45, 2.75) is 38.5 Å². The van der Waals surface area contributed by atoms with E-state index in [2.05, 4.69) is 5.32 Å². The molecule has 0 atom stereocenters. The minimum absolute atomic E-state index is 0.212. The normalized spacial score (nSPS) is 14.9. The predicted octanol–water partition coefficient (Wildman–Crippen LogP) is 5.94. The molecule has 0 spiro atoms. The molecule has 3 nitrogen and oxygen atoms in total. The molecular formula is C21H24ClNO2. The maximum atomic E-state index is 12.2. The number of anilines is 1. The Bertz CT molecular complexity index is 693. The fourth-order valence-electron chi connectivity index (χ4n) is 3.30. The minimum Gasteiger partial charge on any atom is -0.494 e. The van der Waals surface area contributed by atoms with E-state index in [1.165, 1.54) is 32.1 Å². The lowest BCUT2D eigenvalue weighted by Gasteiger charge is -2.21. The van der Waals surface area contributed by atoms with Gasteiger partial charge >= 0.3 is 0 Å². The summed E-state index contributed by atoms with van der Waals surface area (Å²) in [5.74, 6) is 1.45. The second-order valence-corrected chi connectivity index (χ2v) is 7.01. The van der Waals surface area contributed by atoms with E-state index in [1.807, 2.05) is 24.3 Å². The number of hydrogen-bond donors (Lipinski definition) is 1. The molecule has 4 heteroatoms. The lowest BCUT2D eigenvalue weighted by molar-refractivity contribution is 0.102. The zero-order valence-electron chi connectivity index (χ0n) is 14.3. The highest BCUT2D eigenvalue weighted by atomic mass is 35.5. The van der Waals surface area contributed by atoms with Gasteiger partial charge in [-0.2, -0.15) is 0 Å². The fourth-order valence-corrected chi connectivity index (χ4v) is 3.52. The standard InChI is InChI=1S/C21H24ClNO2/c22-20-9-5-4-8-19(20)21(24)23-17-10-12-18(13-11-17)25-15-14-16-6-2-1-3-7-16/h4-5,8-13,16H,1-3,6-7,14-15H2,(H,23,24). The molecule has 0 aliphatic heterocycles. The van der Waals surface area contributed by atoms with Crippen molar-refractivity contribution in [1.29, 1.82) is 0 Å². The van der Waals surface area contributed by atoms with Gasteiger partial charge in [-0.3, -0.25) is 4.79 Å². The van der Waals surface area contributed by atoms with Crippen LogP contribution in [0.5, 0.6) is 5.75 Å². The summed E-state index contributed by atoms with van der Waals surface area (Å²) in [6.07, 6.45) is 7.94. The van der Waals surface area contributed by atoms with Crippen LogP contribution in [0, 0.1) is 5.92 Å². The highest BCUT2D eigenvalue weighted by Gasteiger charge is 2.13. The topological polar surface area (TPSA) is 38.3 Å². The number of ether oxygens (including phenoxy) is 1. The zero-order chi connectivity index (χ0) is 17.5. The molecule has 0 radical (unpaired) electrons. The number of rotatable bonds is 6. The molecule has 25 heavy (non-hydrogen) atoms. The van der Waals surface area contributed by atoms with Crippen LogP contribution in [0.25, 0.3) is 0 Å². The third-order valence-corrected chi connectivity index (χ3v) is 5.08. The van der Waals surface area contributed by atoms with Gasteiger partial charge in [-0.15, -0.1) is 0 Å². The first kappa shape index (κ1) is 17.8. The van der Waals surface area contributed by atoms with Crippen molar-refractivity contribution in [2.75, 3.05) is 11.9 Å². The van der Waals surface area contributed by atoms with Crippen LogP contribution in [0.2, 0.25) is 5.02 Å². The largest absolute Gasteiger partial charge is 0.494 e. The Balaban J connectivity index is 1.48. The number of carbonyl (C=O) groups excluding carboxylic acids is 1. The van der Waals surface area contributed by atoms with Gasteiger partial charge in [0.15, 0.2) is 0 Å². The first-order valence-electron chi connectivity index (χ1n) is 9.01. The molecule has 0 saturated heterocycles. The molecule has 0 heterocycles. The van der Waals surface area contributed by atoms with Crippen LogP contribution in [-0.4, -0.2) is 12.5 Å². The lowest BCUT2D eigenvalue weighted by atomic mass is 9.87. The predicted molar refractivity (Wildman–Crippen MR) is 103 cm³/mol. The van der Waals surface area contributed by atoms with Crippen LogP contribution in [0.15, 0.2) is 48.5 Å². The Kier molecular flexibility index (Phi) is 6.35. The molecule has 1 fully saturated rings. The zero-order valence-corrected chi connectivity index (χ0v) is 15.1. The number of halogens is 1. The van der Waals surface area contributed by atoms with Gasteiger partial charge in [0.1, 0.15) is 5.75 Å². The number of benzene rings is 2. The molecule has 0 aromatic heterocycles. The summed E-state index contributed by atoms with van der Waals surface area (Å²) in [5, 5.41) is 3.30. The van der Waals surface area contributed by atoms with Crippen LogP contribution in [0.4, 0.5) is 5.69 Å². The molecule has 2 aromatic rings. The Labute approximate surface area is 154 Å². The second kappa shape index (κ2) is 8.91. The van der Waals surface area contributed by atoms with Crippen LogP contribution in [0.3, 0.4) is 0 Å². The molecule has 3 rings (SSSR count). The molecule has 1 N–H and O–H groups in total. The highest BCUT2D eigenvalue weighted by molar-refractivity contribution is 6.34. The van der Waals surface area contributed by atoms with Crippen LogP contribution in [0.1, 0.15) is 48.9 Å². The van der Waals surface area contributed by atoms with Crippen molar-refractivity contribution in [3.63, 3.8) is 0 Å². The van der Waals surface area contributed by atoms with Crippen molar-refractivity contribution in [2.24, 2.45) is 5.92 Å². The molecular weight excluding hydrogens is 334 g/mol. The van der Waals surface area contributed by atoms with Crippen molar-refractivity contribution in [1.82, 2.24) is 0 Å². The van der Waals surface area contributed by atoms with Gasteiger partial charge in [0, 0.05) is 5.69 Å². The summed E-state index contributed by atoms with van der Waals surface area (Å²) >= 11 is 6.05. The first-order chi connectivity index (χ1) is 12.2. The van der Waals surface area contributed by atoms with E-state index in [0.717, 1.165) is 30.4 Å². The second-order valence-electron chi connectivity index (χ2n) is 6.60. The Morgan fingerprint density at radius 1 is 1.04 bits per heavy atom. The minimum atomic E-state index is -0.212. The quantitative estimate of drug-likeness (QED) is 0.694. The summed E-state index contributed by atoms with van der Waals surface area (Å²) in [6.45, 7) is 0.760. The van der Waals surface area contributed by atoms with Gasteiger partial charge in [0.25, 0.3) is 5.91 Å². The Morgan fingerprint density at radius 3 is 2.48 bits per heavy atom. The first-order valence-corrected chi connectivity index (χ1v) is 9.39. The number of carbonyl (C=O) groups is 1. The van der Waals surface area contributed by atoms with Gasteiger partial charge in [0.05, 0.1) is 17.2 Å². The van der Waals surface area contributed by atoms with Crippen molar-refractivity contribution >= 4 is 23.2 Å². The van der Waals surface area contributed by atoms with Gasteiger partial charge < -0.3 is 10.1 Å². The van der Waals surface area contributed by atoms with Gasteiger partial charge in [-0.05, 0) is 48.7 Å². The fraction of sp³-hybridized carbons (Fsp3) is 0.381. The van der Waals surface area contributed by atoms with E-state index >= 15 is 0 Å². The summed E-state index contributed by atoms with van der Waals surface area (Å²) < 4.78 is 5.84. The van der Waals surface area contributed by atoms with E-state index in [-0.39, 0.29) is 5.91 Å². The molecule has 1 aliphatic carbocycles. The average Bonchev–Trinajstić information content (AvgIpc) is 2.64. The van der Waals surface area contributed by atoms with Crippen LogP contribution >= 0.6 is 11.6 Å². The van der Waals surface area contributed by atoms with Crippen LogP contribution < -0.4 is 10.1 Å². The third-order valence-electron chi connectivity index (χ3n) is 4.75. The maximum Gasteiger partial charge on any atom is 0.257 e. The van der Waals surface area contributed by atoms with E-state index in [0.29, 0.717) is 10.6 Å². The Hall–Kier alpha value is -2.00. The number of amides is 1. The van der Waals surface area contributed by atoms with Gasteiger partial charge in [0.2, 0.25) is 0 Å². The molecule has 0 unspecified atom stereocenters. The number of hydrogen-bond acceptors (Lipinski definition) is 2. The average molecular weight is 358 g/mol. The summed E-state index contributed by atoms with van der Waals surface area (Å²) in [7, 11) is 0. The lowest BCUT2D eigenvalue weighted by Crippen LogP contribution is -2.12. The van der Waals surface area contributed by atoms with Crippen molar-refractivity contribution in [3.8, 4) is 5.75 Å². The third kappa shape index (κ3) is 5.23. The summed E-state index contributed by atoms with van der Waals surface area (Å²) in [5.41, 5.74) is 1.20. The molecule has 1 saturated carbocycles. The monoisotopic (exact) mass is 357 g/mol. The molecule has 1 aliphatic rings. The van der Waals surface area contributed by atoms with E-state index < -0.39 is 0 Å². The number of nitrogens with one attached hydrogen (secondary N) is 1. The van der Waals surface area contributed by atoms with Gasteiger partial charge in [-0.1, -0.05) is 55.8 Å². The smallest absolute Gasteiger partial charge is 0.257 e. The van der Waals surface area contributed by atoms with Crippen LogP contribution in [-0.2, 0) is 0 Å².